The molecule has 1 saturated heterocycles. The van der Waals surface area contributed by atoms with Gasteiger partial charge in [-0.3, -0.25) is 53.2 Å². The van der Waals surface area contributed by atoms with Crippen LogP contribution in [0, 0.1) is 42.4 Å². The number of primary amides is 1. The number of phenolic OH excluding ortho intramolecular Hbond substituents is 2. The fraction of sp³-hybridized carbons (Fsp3) is 0.554. The first kappa shape index (κ1) is 77.7. The molecule has 3 aromatic carbocycles. The number of unbranched alkanes of at least 4 members (excludes halogenated alkanes) is 2. The molecule has 5 aliphatic rings. The lowest BCUT2D eigenvalue weighted by molar-refractivity contribution is -0.948. The minimum Gasteiger partial charge on any atom is -0.507 e. The number of imide groups is 1. The zero-order chi connectivity index (χ0) is 74.2. The van der Waals surface area contributed by atoms with E-state index in [1.54, 1.807) is 72.8 Å². The van der Waals surface area contributed by atoms with Gasteiger partial charge in [0.25, 0.3) is 23.5 Å². The molecule has 0 saturated carbocycles. The summed E-state index contributed by atoms with van der Waals surface area (Å²) < 4.78 is 24.9. The van der Waals surface area contributed by atoms with Crippen molar-refractivity contribution >= 4 is 75.4 Å². The minimum atomic E-state index is -2.07. The van der Waals surface area contributed by atoms with Crippen LogP contribution in [0.15, 0.2) is 82.5 Å². The second-order valence-electron chi connectivity index (χ2n) is 28.7. The number of quaternary nitrogens is 1. The van der Waals surface area contributed by atoms with E-state index in [9.17, 15) is 58.8 Å². The maximum Gasteiger partial charge on any atom is 0.312 e. The Morgan fingerprint density at radius 1 is 0.832 bits per heavy atom. The van der Waals surface area contributed by atoms with Gasteiger partial charge in [0, 0.05) is 123 Å². The third-order valence-corrected chi connectivity index (χ3v) is 20.1. The fourth-order valence-electron chi connectivity index (χ4n) is 14.4. The van der Waals surface area contributed by atoms with Gasteiger partial charge in [0.1, 0.15) is 47.3 Å². The number of urea groups is 1. The van der Waals surface area contributed by atoms with Crippen molar-refractivity contribution in [2.75, 3.05) is 50.5 Å². The van der Waals surface area contributed by atoms with Crippen molar-refractivity contribution in [3.63, 3.8) is 0 Å². The molecule has 8 rings (SSSR count). The largest absolute Gasteiger partial charge is 0.507 e. The number of ketones is 1. The lowest BCUT2D eigenvalue weighted by Crippen LogP contribution is -2.57. The molecule has 3 aromatic rings. The van der Waals surface area contributed by atoms with Crippen molar-refractivity contribution in [1.29, 1.82) is 0 Å². The Labute approximate surface area is 588 Å². The summed E-state index contributed by atoms with van der Waals surface area (Å²) in [6, 6.07) is 4.55. The monoisotopic (exact) mass is 1400 g/mol. The molecule has 0 radical (unpaired) electrons. The Morgan fingerprint density at radius 2 is 1.50 bits per heavy atom. The number of rotatable bonds is 22. The zero-order valence-corrected chi connectivity index (χ0v) is 60.1. The summed E-state index contributed by atoms with van der Waals surface area (Å²) in [6.07, 6.45) is 8.69. The van der Waals surface area contributed by atoms with Crippen LogP contribution in [0.2, 0.25) is 0 Å². The summed E-state index contributed by atoms with van der Waals surface area (Å²) in [5.74, 6) is -10.1. The van der Waals surface area contributed by atoms with Gasteiger partial charge in [-0.25, -0.2) is 4.79 Å². The molecule has 0 aliphatic carbocycles. The number of piperidine rings is 1. The molecule has 1 spiro atoms. The molecular formula is C74H101N10O17+. The number of carbonyl (C=O) groups is 9. The van der Waals surface area contributed by atoms with E-state index in [4.69, 9.17) is 34.7 Å². The summed E-state index contributed by atoms with van der Waals surface area (Å²) in [4.78, 5) is 131. The number of allylic oxidation sites excluding steroid dienone is 2. The number of phenols is 2. The maximum atomic E-state index is 15.2. The highest BCUT2D eigenvalue weighted by Gasteiger charge is 2.51. The molecule has 4 bridgehead atoms. The Hall–Kier alpha value is -9.05. The number of nitrogens with zero attached hydrogens (tertiary/aromatic N) is 4. The number of benzene rings is 3. The second kappa shape index (κ2) is 32.7. The second-order valence-corrected chi connectivity index (χ2v) is 28.7. The third-order valence-electron chi connectivity index (χ3n) is 20.1. The van der Waals surface area contributed by atoms with Crippen molar-refractivity contribution in [2.24, 2.45) is 51.2 Å². The van der Waals surface area contributed by atoms with Crippen molar-refractivity contribution in [3.8, 4) is 17.2 Å². The molecule has 5 aliphatic heterocycles. The lowest BCUT2D eigenvalue weighted by Gasteiger charge is -2.46. The zero-order valence-electron chi connectivity index (χ0n) is 60.1. The van der Waals surface area contributed by atoms with Crippen LogP contribution in [-0.2, 0) is 54.3 Å². The number of Topliss-reactive ketones (excluding diaryl/α,β-unsaturated/α-hetero) is 1. The number of methoxy groups -OCH3 is 1. The highest BCUT2D eigenvalue weighted by Crippen LogP contribution is 2.50. The molecule has 27 heteroatoms. The van der Waals surface area contributed by atoms with Gasteiger partial charge in [-0.2, -0.15) is 0 Å². The summed E-state index contributed by atoms with van der Waals surface area (Å²) in [5, 5.41) is 62.1. The lowest BCUT2D eigenvalue weighted by atomic mass is 9.78. The molecule has 0 aromatic heterocycles. The average Bonchev–Trinajstić information content (AvgIpc) is 1.56. The summed E-state index contributed by atoms with van der Waals surface area (Å²) in [5.41, 5.74) is 5.58. The average molecular weight is 1400 g/mol. The van der Waals surface area contributed by atoms with E-state index >= 15 is 4.79 Å². The SMILES string of the molecule is CO[C@H]1/C=C\O[C@@]2(C)Oc3c(C)c(O)c4c(O)c(c5c(c4c3C2=O)=NC2(CC[N+](Cc3ccc(NC(=O)[C@H](CCCNC(N)=O)NC(=O)[C@@H](NC(=O)CCCCCN4C(=O)C=CC4=O)C(C)C)cc3)(CC(C)C)CC2)N=5)NC(=O)/C(C)=C\C=C/[C@H](C)[C@H](O)[C@@H](C)[C@@H](O)[C@@H](C)[C@H](OC(C)=O)[C@@H]1C. The molecule has 548 valence electrons. The van der Waals surface area contributed by atoms with Crippen LogP contribution >= 0.6 is 0 Å². The number of amides is 8. The number of fused-ring (bicyclic) bond motifs is 1. The number of aliphatic hydroxyl groups excluding tert-OH is 2. The van der Waals surface area contributed by atoms with Crippen LogP contribution < -0.4 is 47.8 Å². The summed E-state index contributed by atoms with van der Waals surface area (Å²) in [7, 11) is 1.44. The van der Waals surface area contributed by atoms with Gasteiger partial charge >= 0.3 is 17.8 Å². The first-order valence-electron chi connectivity index (χ1n) is 34.9. The number of aliphatic hydroxyl groups is 2. The molecule has 8 amide bonds. The predicted molar refractivity (Wildman–Crippen MR) is 375 cm³/mol. The van der Waals surface area contributed by atoms with Gasteiger partial charge in [-0.15, -0.1) is 0 Å². The van der Waals surface area contributed by atoms with Gasteiger partial charge in [-0.05, 0) is 63.7 Å². The van der Waals surface area contributed by atoms with E-state index in [1.807, 2.05) is 12.1 Å². The normalized spacial score (nSPS) is 27.7. The number of carbonyl (C=O) groups excluding carboxylic acids is 9. The van der Waals surface area contributed by atoms with Crippen molar-refractivity contribution in [2.45, 2.75) is 189 Å². The number of nitrogens with one attached hydrogen (secondary N) is 5. The first-order chi connectivity index (χ1) is 47.6. The number of ether oxygens (including phenoxy) is 4. The number of aromatic hydroxyl groups is 2. The van der Waals surface area contributed by atoms with Gasteiger partial charge in [-0.1, -0.05) is 92.2 Å². The Morgan fingerprint density at radius 3 is 2.12 bits per heavy atom. The van der Waals surface area contributed by atoms with Crippen LogP contribution in [0.25, 0.3) is 10.8 Å². The molecule has 11 atom stereocenters. The van der Waals surface area contributed by atoms with Gasteiger partial charge in [0.2, 0.25) is 17.7 Å². The van der Waals surface area contributed by atoms with Crippen molar-refractivity contribution < 1.29 is 87.0 Å². The summed E-state index contributed by atoms with van der Waals surface area (Å²) in [6.45, 7) is 23.2. The topological polar surface area (TPSA) is 386 Å². The molecule has 0 unspecified atom stereocenters. The smallest absolute Gasteiger partial charge is 0.312 e. The van der Waals surface area contributed by atoms with E-state index in [1.165, 1.54) is 58.4 Å². The van der Waals surface area contributed by atoms with Crippen LogP contribution in [0.3, 0.4) is 0 Å². The van der Waals surface area contributed by atoms with E-state index in [0.717, 1.165) is 17.0 Å². The predicted octanol–water partition coefficient (Wildman–Crippen LogP) is 5.96. The molecule has 27 nitrogen and oxygen atoms in total. The third kappa shape index (κ3) is 17.8. The number of hydrogen-bond acceptors (Lipinski definition) is 19. The van der Waals surface area contributed by atoms with E-state index in [-0.39, 0.29) is 112 Å². The molecule has 101 heavy (non-hydrogen) atoms. The fourth-order valence-corrected chi connectivity index (χ4v) is 14.4. The Kier molecular flexibility index (Phi) is 25.2. The highest BCUT2D eigenvalue weighted by molar-refractivity contribution is 6.20. The maximum absolute atomic E-state index is 15.2. The van der Waals surface area contributed by atoms with Crippen LogP contribution in [0.5, 0.6) is 17.2 Å². The standard InChI is InChI=1S/C74H100N10O17/c1-39(2)37-84(38-48-23-25-49(26-24-48)77-70(95)50(21-18-32-76-72(75)97)78-71(96)58(40(3)4)79-52(86)22-15-14-16-33-83-53(87)27-28-54(83)88)34-30-74(31-35-84)81-59-55-56-64(91)46(10)67-57(55)68(93)73(12,101-67)99-36-29-51(98-13)43(7)66(100-47(11)85)45(9)63(90)44(8)62(89)41(5)19-17-20-42(6)69(94)80-61(65(56)92)60(59)82-74/h17,19-20,23-29,36,39-41,43-45,50-51,58,62-63,66,89-90H,14-16,18,21-22,30-35,37-38H2,1-13H3,(H8-,75,76,77,78,79,80,81,82,86,87,88,91,92,93,94,95,96,97)/p+1/b19-17-,36-29-,42-20-/t41-,43+,44+,45+,50-,51-,58-,62-,63+,66+,73-,74?,84?/m0/s1. The number of nitrogens with two attached hydrogens (primary N) is 1. The molecule has 5 heterocycles. The number of anilines is 2. The summed E-state index contributed by atoms with van der Waals surface area (Å²) >= 11 is 0. The van der Waals surface area contributed by atoms with E-state index in [0.29, 0.717) is 61.9 Å². The van der Waals surface area contributed by atoms with Crippen LogP contribution in [0.4, 0.5) is 16.2 Å². The molecular weight excluding hydrogens is 1300 g/mol. The van der Waals surface area contributed by atoms with Gasteiger partial charge < -0.3 is 76.2 Å². The highest BCUT2D eigenvalue weighted by atomic mass is 16.7. The quantitative estimate of drug-likeness (QED) is 0.0182. The number of esters is 1. The van der Waals surface area contributed by atoms with Crippen molar-refractivity contribution in [3.05, 3.63) is 100.0 Å². The first-order valence-corrected chi connectivity index (χ1v) is 34.9. The molecule has 1 fully saturated rings. The molecule has 11 N–H and O–H groups in total. The van der Waals surface area contributed by atoms with Crippen molar-refractivity contribution in [1.82, 2.24) is 20.9 Å². The number of hydrogen-bond donors (Lipinski definition) is 10. The Balaban J connectivity index is 1.06. The van der Waals surface area contributed by atoms with Crippen LogP contribution in [-0.4, -0.2) is 171 Å². The van der Waals surface area contributed by atoms with E-state index in [2.05, 4.69) is 40.4 Å². The van der Waals surface area contributed by atoms with Gasteiger partial charge in [0.15, 0.2) is 11.4 Å². The van der Waals surface area contributed by atoms with Gasteiger partial charge in [0.05, 0.1) is 60.5 Å². The minimum absolute atomic E-state index is 0.0314. The Bertz CT molecular complexity index is 3910. The van der Waals surface area contributed by atoms with E-state index < -0.39 is 119 Å². The number of likely N-dealkylation sites (tertiary alicyclic amines) is 1. The van der Waals surface area contributed by atoms with Crippen LogP contribution in [0.1, 0.15) is 149 Å².